The molecule has 7 nitrogen and oxygen atoms in total. The number of carbonyl (C=O) groups is 2. The number of rotatable bonds is 4. The highest BCUT2D eigenvalue weighted by Crippen LogP contribution is 2.27. The van der Waals surface area contributed by atoms with E-state index in [2.05, 4.69) is 32.7 Å². The Kier molecular flexibility index (Phi) is 8.90. The molecular formula is C27H37N5O2. The van der Waals surface area contributed by atoms with Crippen molar-refractivity contribution < 1.29 is 9.59 Å². The van der Waals surface area contributed by atoms with E-state index in [9.17, 15) is 9.59 Å². The molecule has 4 rings (SSSR count). The molecule has 1 unspecified atom stereocenters. The summed E-state index contributed by atoms with van der Waals surface area (Å²) in [6.07, 6.45) is 10.6. The van der Waals surface area contributed by atoms with Gasteiger partial charge in [0.25, 0.3) is 0 Å². The molecule has 2 fully saturated rings. The summed E-state index contributed by atoms with van der Waals surface area (Å²) in [5.74, 6) is 0.0168. The predicted molar refractivity (Wildman–Crippen MR) is 133 cm³/mol. The summed E-state index contributed by atoms with van der Waals surface area (Å²) in [7, 11) is 0. The van der Waals surface area contributed by atoms with E-state index in [-0.39, 0.29) is 24.0 Å². The summed E-state index contributed by atoms with van der Waals surface area (Å²) >= 11 is 0. The largest absolute Gasteiger partial charge is 0.354 e. The smallest absolute Gasteiger partial charge is 0.317 e. The van der Waals surface area contributed by atoms with Crippen LogP contribution >= 0.6 is 0 Å². The van der Waals surface area contributed by atoms with Crippen molar-refractivity contribution in [3.8, 4) is 0 Å². The molecule has 2 aliphatic rings. The Morgan fingerprint density at radius 2 is 1.74 bits per heavy atom. The number of amides is 3. The van der Waals surface area contributed by atoms with Gasteiger partial charge in [0.2, 0.25) is 5.91 Å². The van der Waals surface area contributed by atoms with Gasteiger partial charge >= 0.3 is 6.03 Å². The SMILES string of the molecule is O=C1CC(c2ccccc2)N(Cc2ccncc2)CCCN(C(=O)NC2CCCCC2)CCN1. The van der Waals surface area contributed by atoms with Crippen molar-refractivity contribution in [2.45, 2.75) is 63.6 Å². The van der Waals surface area contributed by atoms with Crippen LogP contribution in [0.25, 0.3) is 0 Å². The fourth-order valence-corrected chi connectivity index (χ4v) is 5.07. The molecule has 2 aromatic rings. The molecule has 0 radical (unpaired) electrons. The molecule has 2 heterocycles. The van der Waals surface area contributed by atoms with Gasteiger partial charge in [0.05, 0.1) is 0 Å². The second kappa shape index (κ2) is 12.5. The first-order chi connectivity index (χ1) is 16.7. The molecule has 1 aliphatic carbocycles. The van der Waals surface area contributed by atoms with E-state index in [1.54, 1.807) is 0 Å². The van der Waals surface area contributed by atoms with Crippen LogP contribution in [-0.2, 0) is 11.3 Å². The van der Waals surface area contributed by atoms with Gasteiger partial charge in [0, 0.05) is 63.6 Å². The van der Waals surface area contributed by atoms with Crippen molar-refractivity contribution in [3.05, 3.63) is 66.0 Å². The number of benzene rings is 1. The molecule has 7 heteroatoms. The summed E-state index contributed by atoms with van der Waals surface area (Å²) < 4.78 is 0. The van der Waals surface area contributed by atoms with Gasteiger partial charge in [-0.25, -0.2) is 4.79 Å². The van der Waals surface area contributed by atoms with Crippen LogP contribution in [0.15, 0.2) is 54.9 Å². The maximum absolute atomic E-state index is 13.0. The maximum atomic E-state index is 13.0. The van der Waals surface area contributed by atoms with Crippen LogP contribution < -0.4 is 10.6 Å². The Balaban J connectivity index is 1.49. The van der Waals surface area contributed by atoms with Gasteiger partial charge in [-0.05, 0) is 42.5 Å². The Morgan fingerprint density at radius 3 is 2.50 bits per heavy atom. The normalized spacial score (nSPS) is 21.4. The van der Waals surface area contributed by atoms with E-state index < -0.39 is 0 Å². The minimum Gasteiger partial charge on any atom is -0.354 e. The lowest BCUT2D eigenvalue weighted by molar-refractivity contribution is -0.122. The zero-order valence-corrected chi connectivity index (χ0v) is 20.0. The number of nitrogens with one attached hydrogen (secondary N) is 2. The third-order valence-corrected chi connectivity index (χ3v) is 6.94. The lowest BCUT2D eigenvalue weighted by Crippen LogP contribution is -2.48. The first kappa shape index (κ1) is 24.2. The molecule has 1 aromatic heterocycles. The first-order valence-corrected chi connectivity index (χ1v) is 12.7. The highest BCUT2D eigenvalue weighted by atomic mass is 16.2. The van der Waals surface area contributed by atoms with E-state index in [0.717, 1.165) is 43.5 Å². The molecule has 1 aromatic carbocycles. The monoisotopic (exact) mass is 463 g/mol. The van der Waals surface area contributed by atoms with Crippen LogP contribution in [0.4, 0.5) is 4.79 Å². The van der Waals surface area contributed by atoms with E-state index >= 15 is 0 Å². The molecule has 34 heavy (non-hydrogen) atoms. The molecule has 182 valence electrons. The minimum absolute atomic E-state index is 0.000638. The van der Waals surface area contributed by atoms with Gasteiger partial charge in [0.1, 0.15) is 0 Å². The van der Waals surface area contributed by atoms with E-state index in [4.69, 9.17) is 0 Å². The Bertz CT molecular complexity index is 902. The van der Waals surface area contributed by atoms with Gasteiger partial charge in [-0.3, -0.25) is 14.7 Å². The molecule has 2 N–H and O–H groups in total. The van der Waals surface area contributed by atoms with Gasteiger partial charge < -0.3 is 15.5 Å². The summed E-state index contributed by atoms with van der Waals surface area (Å²) in [5.41, 5.74) is 2.30. The number of pyridine rings is 1. The molecule has 0 bridgehead atoms. The third kappa shape index (κ3) is 7.03. The van der Waals surface area contributed by atoms with Crippen LogP contribution in [0, 0.1) is 0 Å². The number of nitrogens with zero attached hydrogens (tertiary/aromatic N) is 3. The van der Waals surface area contributed by atoms with Gasteiger partial charge in [-0.1, -0.05) is 49.6 Å². The Hall–Kier alpha value is -2.93. The maximum Gasteiger partial charge on any atom is 0.317 e. The highest BCUT2D eigenvalue weighted by Gasteiger charge is 2.26. The molecule has 1 saturated carbocycles. The summed E-state index contributed by atoms with van der Waals surface area (Å²) in [5, 5.41) is 6.29. The van der Waals surface area contributed by atoms with Crippen molar-refractivity contribution in [1.29, 1.82) is 0 Å². The molecule has 1 saturated heterocycles. The number of aromatic nitrogens is 1. The average molecular weight is 464 g/mol. The number of hydrogen-bond donors (Lipinski definition) is 2. The van der Waals surface area contributed by atoms with E-state index in [1.165, 1.54) is 19.3 Å². The summed E-state index contributed by atoms with van der Waals surface area (Å²) in [4.78, 5) is 34.3. The lowest BCUT2D eigenvalue weighted by atomic mass is 9.96. The molecule has 3 amide bonds. The van der Waals surface area contributed by atoms with Crippen molar-refractivity contribution in [1.82, 2.24) is 25.4 Å². The van der Waals surface area contributed by atoms with Gasteiger partial charge in [-0.2, -0.15) is 0 Å². The molecular weight excluding hydrogens is 426 g/mol. The third-order valence-electron chi connectivity index (χ3n) is 6.94. The number of carbonyl (C=O) groups excluding carboxylic acids is 2. The molecule has 1 aliphatic heterocycles. The molecule has 1 atom stereocenters. The standard InChI is InChI=1S/C27H37N5O2/c33-26-20-25(23-8-3-1-4-9-23)32(21-22-12-14-28-15-13-22)18-7-17-31(19-16-29-26)27(34)30-24-10-5-2-6-11-24/h1,3-4,8-9,12-15,24-25H,2,5-7,10-11,16-21H2,(H,29,33)(H,30,34). The van der Waals surface area contributed by atoms with Crippen LogP contribution in [0.1, 0.15) is 62.1 Å². The fourth-order valence-electron chi connectivity index (χ4n) is 5.07. The van der Waals surface area contributed by atoms with Crippen molar-refractivity contribution in [2.24, 2.45) is 0 Å². The Labute approximate surface area is 202 Å². The summed E-state index contributed by atoms with van der Waals surface area (Å²) in [6.45, 7) is 3.20. The van der Waals surface area contributed by atoms with Gasteiger partial charge in [0.15, 0.2) is 0 Å². The molecule has 0 spiro atoms. The lowest BCUT2D eigenvalue weighted by Gasteiger charge is -2.32. The van der Waals surface area contributed by atoms with Crippen LogP contribution in [-0.4, -0.2) is 58.9 Å². The second-order valence-electron chi connectivity index (χ2n) is 9.43. The second-order valence-corrected chi connectivity index (χ2v) is 9.43. The van der Waals surface area contributed by atoms with Crippen LogP contribution in [0.5, 0.6) is 0 Å². The van der Waals surface area contributed by atoms with Crippen molar-refractivity contribution in [3.63, 3.8) is 0 Å². The van der Waals surface area contributed by atoms with Crippen LogP contribution in [0.3, 0.4) is 0 Å². The number of hydrogen-bond acceptors (Lipinski definition) is 4. The quantitative estimate of drug-likeness (QED) is 0.721. The van der Waals surface area contributed by atoms with Crippen molar-refractivity contribution >= 4 is 11.9 Å². The minimum atomic E-state index is -0.0306. The summed E-state index contributed by atoms with van der Waals surface area (Å²) in [6, 6.07) is 14.6. The number of urea groups is 1. The zero-order valence-electron chi connectivity index (χ0n) is 20.0. The first-order valence-electron chi connectivity index (χ1n) is 12.7. The predicted octanol–water partition coefficient (Wildman–Crippen LogP) is 3.88. The topological polar surface area (TPSA) is 77.6 Å². The van der Waals surface area contributed by atoms with E-state index in [1.807, 2.05) is 47.6 Å². The average Bonchev–Trinajstić information content (AvgIpc) is 2.90. The van der Waals surface area contributed by atoms with Gasteiger partial charge in [-0.15, -0.1) is 0 Å². The Morgan fingerprint density at radius 1 is 0.971 bits per heavy atom. The highest BCUT2D eigenvalue weighted by molar-refractivity contribution is 5.77. The van der Waals surface area contributed by atoms with Crippen molar-refractivity contribution in [2.75, 3.05) is 26.2 Å². The van der Waals surface area contributed by atoms with Crippen LogP contribution in [0.2, 0.25) is 0 Å². The van der Waals surface area contributed by atoms with E-state index in [0.29, 0.717) is 26.1 Å². The fraction of sp³-hybridized carbons (Fsp3) is 0.519. The zero-order chi connectivity index (χ0) is 23.6.